The van der Waals surface area contributed by atoms with E-state index in [0.717, 1.165) is 19.4 Å². The Morgan fingerprint density at radius 2 is 1.82 bits per heavy atom. The second kappa shape index (κ2) is 6.01. The maximum atomic E-state index is 10.6. The molecule has 0 aromatic rings. The molecule has 0 bridgehead atoms. The zero-order valence-corrected chi connectivity index (χ0v) is 11.0. The van der Waals surface area contributed by atoms with Gasteiger partial charge in [-0.3, -0.25) is 0 Å². The molecule has 98 valence electrons. The SMILES string of the molecule is C=CC1(O)CCCCC1CN1CCCCCC1. The van der Waals surface area contributed by atoms with Crippen molar-refractivity contribution in [2.75, 3.05) is 19.6 Å². The van der Waals surface area contributed by atoms with Gasteiger partial charge in [-0.15, -0.1) is 6.58 Å². The lowest BCUT2D eigenvalue weighted by atomic mass is 9.75. The van der Waals surface area contributed by atoms with E-state index in [1.807, 2.05) is 0 Å². The summed E-state index contributed by atoms with van der Waals surface area (Å²) in [6.45, 7) is 7.37. The van der Waals surface area contributed by atoms with Crippen molar-refractivity contribution in [3.05, 3.63) is 12.7 Å². The highest BCUT2D eigenvalue weighted by Gasteiger charge is 2.36. The Morgan fingerprint density at radius 1 is 1.12 bits per heavy atom. The van der Waals surface area contributed by atoms with Gasteiger partial charge in [0, 0.05) is 12.5 Å². The van der Waals surface area contributed by atoms with Gasteiger partial charge in [0.25, 0.3) is 0 Å². The van der Waals surface area contributed by atoms with Gasteiger partial charge in [-0.25, -0.2) is 0 Å². The summed E-state index contributed by atoms with van der Waals surface area (Å²) in [6.07, 6.45) is 11.7. The van der Waals surface area contributed by atoms with Crippen LogP contribution in [0.15, 0.2) is 12.7 Å². The van der Waals surface area contributed by atoms with Crippen LogP contribution in [0.5, 0.6) is 0 Å². The van der Waals surface area contributed by atoms with E-state index in [-0.39, 0.29) is 0 Å². The first-order valence-corrected chi connectivity index (χ1v) is 7.33. The molecule has 1 saturated heterocycles. The molecular formula is C15H27NO. The third-order valence-electron chi connectivity index (χ3n) is 4.62. The van der Waals surface area contributed by atoms with Gasteiger partial charge in [0.05, 0.1) is 5.60 Å². The van der Waals surface area contributed by atoms with Gasteiger partial charge in [0.2, 0.25) is 0 Å². The molecule has 2 fully saturated rings. The van der Waals surface area contributed by atoms with Crippen molar-refractivity contribution in [3.8, 4) is 0 Å². The first-order chi connectivity index (χ1) is 8.24. The summed E-state index contributed by atoms with van der Waals surface area (Å²) in [4.78, 5) is 2.57. The highest BCUT2D eigenvalue weighted by molar-refractivity contribution is 5.03. The van der Waals surface area contributed by atoms with Gasteiger partial charge >= 0.3 is 0 Å². The minimum atomic E-state index is -0.593. The molecule has 0 amide bonds. The molecule has 2 atom stereocenters. The van der Waals surface area contributed by atoms with Crippen molar-refractivity contribution in [2.24, 2.45) is 5.92 Å². The summed E-state index contributed by atoms with van der Waals surface area (Å²) in [5.41, 5.74) is -0.593. The van der Waals surface area contributed by atoms with Crippen molar-refractivity contribution in [3.63, 3.8) is 0 Å². The summed E-state index contributed by atoms with van der Waals surface area (Å²) in [6, 6.07) is 0. The normalized spacial score (nSPS) is 36.4. The van der Waals surface area contributed by atoms with Crippen molar-refractivity contribution in [1.82, 2.24) is 4.90 Å². The largest absolute Gasteiger partial charge is 0.385 e. The van der Waals surface area contributed by atoms with Crippen LogP contribution in [0.2, 0.25) is 0 Å². The van der Waals surface area contributed by atoms with Crippen LogP contribution >= 0.6 is 0 Å². The summed E-state index contributed by atoms with van der Waals surface area (Å²) >= 11 is 0. The van der Waals surface area contributed by atoms with E-state index in [1.54, 1.807) is 6.08 Å². The molecule has 2 nitrogen and oxygen atoms in total. The van der Waals surface area contributed by atoms with Crippen molar-refractivity contribution in [1.29, 1.82) is 0 Å². The van der Waals surface area contributed by atoms with E-state index < -0.39 is 5.60 Å². The molecule has 0 aromatic heterocycles. The van der Waals surface area contributed by atoms with Crippen LogP contribution in [0.25, 0.3) is 0 Å². The van der Waals surface area contributed by atoms with E-state index in [2.05, 4.69) is 11.5 Å². The van der Waals surface area contributed by atoms with Gasteiger partial charge in [0.1, 0.15) is 0 Å². The first kappa shape index (κ1) is 13.1. The van der Waals surface area contributed by atoms with Crippen LogP contribution < -0.4 is 0 Å². The van der Waals surface area contributed by atoms with Gasteiger partial charge in [-0.1, -0.05) is 31.8 Å². The van der Waals surface area contributed by atoms with E-state index in [9.17, 15) is 5.11 Å². The van der Waals surface area contributed by atoms with Crippen LogP contribution in [0, 0.1) is 5.92 Å². The molecular weight excluding hydrogens is 210 g/mol. The monoisotopic (exact) mass is 237 g/mol. The highest BCUT2D eigenvalue weighted by Crippen LogP contribution is 2.35. The lowest BCUT2D eigenvalue weighted by Gasteiger charge is -2.40. The number of likely N-dealkylation sites (tertiary alicyclic amines) is 1. The summed E-state index contributed by atoms with van der Waals surface area (Å²) in [7, 11) is 0. The Balaban J connectivity index is 1.92. The number of aliphatic hydroxyl groups is 1. The maximum absolute atomic E-state index is 10.6. The fraction of sp³-hybridized carbons (Fsp3) is 0.867. The molecule has 1 aliphatic carbocycles. The molecule has 1 heterocycles. The van der Waals surface area contributed by atoms with Gasteiger partial charge in [-0.05, 0) is 38.8 Å². The molecule has 0 aromatic carbocycles. The fourth-order valence-electron chi connectivity index (χ4n) is 3.40. The Kier molecular flexibility index (Phi) is 4.63. The zero-order chi connectivity index (χ0) is 12.1. The summed E-state index contributed by atoms with van der Waals surface area (Å²) in [5, 5.41) is 10.6. The fourth-order valence-corrected chi connectivity index (χ4v) is 3.40. The number of nitrogens with zero attached hydrogens (tertiary/aromatic N) is 1. The number of hydrogen-bond donors (Lipinski definition) is 1. The highest BCUT2D eigenvalue weighted by atomic mass is 16.3. The molecule has 2 rings (SSSR count). The molecule has 2 aliphatic rings. The predicted molar refractivity (Wildman–Crippen MR) is 72.0 cm³/mol. The van der Waals surface area contributed by atoms with Crippen LogP contribution in [0.1, 0.15) is 51.4 Å². The van der Waals surface area contributed by atoms with E-state index in [0.29, 0.717) is 5.92 Å². The minimum Gasteiger partial charge on any atom is -0.385 e. The molecule has 17 heavy (non-hydrogen) atoms. The van der Waals surface area contributed by atoms with Gasteiger partial charge < -0.3 is 10.0 Å². The van der Waals surface area contributed by atoms with Crippen molar-refractivity contribution in [2.45, 2.75) is 57.0 Å². The molecule has 1 N–H and O–H groups in total. The van der Waals surface area contributed by atoms with Crippen molar-refractivity contribution >= 4 is 0 Å². The average molecular weight is 237 g/mol. The minimum absolute atomic E-state index is 0.409. The maximum Gasteiger partial charge on any atom is 0.0865 e. The molecule has 0 radical (unpaired) electrons. The van der Waals surface area contributed by atoms with Gasteiger partial charge in [0.15, 0.2) is 0 Å². The van der Waals surface area contributed by atoms with Crippen LogP contribution in [-0.2, 0) is 0 Å². The molecule has 0 spiro atoms. The standard InChI is InChI=1S/C15H27NO/c1-2-15(17)10-6-5-9-14(15)13-16-11-7-3-4-8-12-16/h2,14,17H,1,3-13H2. The Hall–Kier alpha value is -0.340. The molecule has 2 heteroatoms. The lowest BCUT2D eigenvalue weighted by molar-refractivity contribution is -0.0190. The third kappa shape index (κ3) is 3.32. The number of hydrogen-bond acceptors (Lipinski definition) is 2. The van der Waals surface area contributed by atoms with Crippen molar-refractivity contribution < 1.29 is 5.11 Å². The first-order valence-electron chi connectivity index (χ1n) is 7.33. The summed E-state index contributed by atoms with van der Waals surface area (Å²) < 4.78 is 0. The molecule has 2 unspecified atom stereocenters. The third-order valence-corrected chi connectivity index (χ3v) is 4.62. The average Bonchev–Trinajstić information content (AvgIpc) is 2.61. The van der Waals surface area contributed by atoms with E-state index in [4.69, 9.17) is 0 Å². The summed E-state index contributed by atoms with van der Waals surface area (Å²) in [5.74, 6) is 0.409. The van der Waals surface area contributed by atoms with Crippen LogP contribution in [0.3, 0.4) is 0 Å². The van der Waals surface area contributed by atoms with Gasteiger partial charge in [-0.2, -0.15) is 0 Å². The second-order valence-electron chi connectivity index (χ2n) is 5.85. The van der Waals surface area contributed by atoms with Crippen LogP contribution in [-0.4, -0.2) is 35.2 Å². The van der Waals surface area contributed by atoms with E-state index >= 15 is 0 Å². The topological polar surface area (TPSA) is 23.5 Å². The Labute approximate surface area is 106 Å². The predicted octanol–water partition coefficient (Wildman–Crippen LogP) is 2.97. The Morgan fingerprint density at radius 3 is 2.47 bits per heavy atom. The van der Waals surface area contributed by atoms with Crippen LogP contribution in [0.4, 0.5) is 0 Å². The quantitative estimate of drug-likeness (QED) is 0.763. The molecule has 1 aliphatic heterocycles. The Bertz CT molecular complexity index is 245. The lowest BCUT2D eigenvalue weighted by Crippen LogP contribution is -2.45. The second-order valence-corrected chi connectivity index (χ2v) is 5.85. The zero-order valence-electron chi connectivity index (χ0n) is 11.0. The van der Waals surface area contributed by atoms with E-state index in [1.165, 1.54) is 51.6 Å². The smallest absolute Gasteiger partial charge is 0.0865 e. The molecule has 1 saturated carbocycles. The number of rotatable bonds is 3.